The maximum absolute atomic E-state index is 12.2. The van der Waals surface area contributed by atoms with Crippen LogP contribution in [0.3, 0.4) is 0 Å². The van der Waals surface area contributed by atoms with Crippen molar-refractivity contribution < 1.29 is 15.3 Å². The normalized spacial score (nSPS) is 60.7. The summed E-state index contributed by atoms with van der Waals surface area (Å²) in [5, 5.41) is 33.7. The molecular weight excluding hydrogens is 374 g/mol. The van der Waals surface area contributed by atoms with Crippen molar-refractivity contribution in [2.45, 2.75) is 102 Å². The molecule has 6 fully saturated rings. The first kappa shape index (κ1) is 20.4. The molecule has 6 aliphatic rings. The van der Waals surface area contributed by atoms with E-state index in [0.717, 1.165) is 56.4 Å². The summed E-state index contributed by atoms with van der Waals surface area (Å²) in [5.74, 6) is 3.55. The summed E-state index contributed by atoms with van der Waals surface area (Å²) >= 11 is 0. The van der Waals surface area contributed by atoms with Crippen molar-refractivity contribution in [2.24, 2.45) is 46.8 Å². The fourth-order valence-electron chi connectivity index (χ4n) is 10.3. The van der Waals surface area contributed by atoms with Gasteiger partial charge in [-0.1, -0.05) is 20.3 Å². The third-order valence-electron chi connectivity index (χ3n) is 11.8. The number of rotatable bonds is 0. The standard InChI is InChI=1S/C26H43NO3/c1-15-17-7-9-26(30)19(18(17)14-27-10-4-3-5-23(15)27)12-20-21(26)13-24(29)22-11-16(28)6-8-25(20,22)2/h15-24,28-30H,3-14H2,1-2H3/t15-,16-,17-,18-,19+,20+,21-,22-,23+,24+,25+,26+/m1/s1. The fourth-order valence-corrected chi connectivity index (χ4v) is 10.3. The Balaban J connectivity index is 1.32. The predicted octanol–water partition coefficient (Wildman–Crippen LogP) is 3.43. The number of nitrogens with zero attached hydrogens (tertiary/aromatic N) is 1. The molecule has 4 nitrogen and oxygen atoms in total. The minimum absolute atomic E-state index is 0.0814. The van der Waals surface area contributed by atoms with Gasteiger partial charge in [-0.15, -0.1) is 0 Å². The van der Waals surface area contributed by atoms with Gasteiger partial charge in [0.05, 0.1) is 17.8 Å². The molecule has 2 heterocycles. The second kappa shape index (κ2) is 6.92. The van der Waals surface area contributed by atoms with Gasteiger partial charge in [-0.2, -0.15) is 0 Å². The highest BCUT2D eigenvalue weighted by Crippen LogP contribution is 2.68. The maximum Gasteiger partial charge on any atom is 0.0711 e. The van der Waals surface area contributed by atoms with Gasteiger partial charge < -0.3 is 15.3 Å². The molecule has 170 valence electrons. The molecule has 0 amide bonds. The lowest BCUT2D eigenvalue weighted by Crippen LogP contribution is -2.61. The lowest BCUT2D eigenvalue weighted by Gasteiger charge is -2.58. The Morgan fingerprint density at radius 1 is 0.833 bits per heavy atom. The lowest BCUT2D eigenvalue weighted by atomic mass is 9.50. The first-order chi connectivity index (χ1) is 14.3. The summed E-state index contributed by atoms with van der Waals surface area (Å²) in [6, 6.07) is 0.776. The van der Waals surface area contributed by atoms with Gasteiger partial charge in [0, 0.05) is 12.6 Å². The molecule has 4 aliphatic carbocycles. The molecule has 4 heteroatoms. The molecule has 2 saturated heterocycles. The molecule has 0 aromatic rings. The Labute approximate surface area is 182 Å². The van der Waals surface area contributed by atoms with Crippen LogP contribution in [0.2, 0.25) is 0 Å². The van der Waals surface area contributed by atoms with Crippen LogP contribution in [0, 0.1) is 46.8 Å². The number of fused-ring (bicyclic) bond motifs is 8. The molecule has 0 spiro atoms. The van der Waals surface area contributed by atoms with Crippen molar-refractivity contribution >= 4 is 0 Å². The van der Waals surface area contributed by atoms with Crippen molar-refractivity contribution in [1.82, 2.24) is 4.90 Å². The third-order valence-corrected chi connectivity index (χ3v) is 11.8. The van der Waals surface area contributed by atoms with Crippen LogP contribution in [-0.4, -0.2) is 57.2 Å². The third kappa shape index (κ3) is 2.66. The predicted molar refractivity (Wildman–Crippen MR) is 117 cm³/mol. The molecule has 0 aromatic heterocycles. The Morgan fingerprint density at radius 2 is 1.67 bits per heavy atom. The van der Waals surface area contributed by atoms with Gasteiger partial charge >= 0.3 is 0 Å². The van der Waals surface area contributed by atoms with Crippen molar-refractivity contribution in [2.75, 3.05) is 13.1 Å². The quantitative estimate of drug-likeness (QED) is 0.565. The van der Waals surface area contributed by atoms with Crippen LogP contribution >= 0.6 is 0 Å². The molecule has 0 radical (unpaired) electrons. The van der Waals surface area contributed by atoms with E-state index in [2.05, 4.69) is 18.7 Å². The van der Waals surface area contributed by atoms with Crippen LogP contribution in [0.25, 0.3) is 0 Å². The molecule has 0 unspecified atom stereocenters. The molecule has 12 atom stereocenters. The van der Waals surface area contributed by atoms with Crippen LogP contribution in [0.4, 0.5) is 0 Å². The van der Waals surface area contributed by atoms with Gasteiger partial charge in [0.2, 0.25) is 0 Å². The average molecular weight is 418 g/mol. The Bertz CT molecular complexity index is 685. The zero-order valence-corrected chi connectivity index (χ0v) is 19.0. The molecule has 30 heavy (non-hydrogen) atoms. The number of piperidine rings is 2. The van der Waals surface area contributed by atoms with Gasteiger partial charge in [0.1, 0.15) is 0 Å². The summed E-state index contributed by atoms with van der Waals surface area (Å²) in [6.45, 7) is 7.36. The Morgan fingerprint density at radius 3 is 2.50 bits per heavy atom. The zero-order valence-electron chi connectivity index (χ0n) is 19.0. The lowest BCUT2D eigenvalue weighted by molar-refractivity contribution is -0.175. The van der Waals surface area contributed by atoms with Crippen LogP contribution in [0.15, 0.2) is 0 Å². The van der Waals surface area contributed by atoms with Gasteiger partial charge in [-0.25, -0.2) is 0 Å². The van der Waals surface area contributed by atoms with Crippen molar-refractivity contribution in [3.63, 3.8) is 0 Å². The summed E-state index contributed by atoms with van der Waals surface area (Å²) in [7, 11) is 0. The SMILES string of the molecule is C[C@@H]1[C@H]2CC[C@@]3(O)[C@@H]4C[C@H](O)[C@H]5C[C@H](O)CC[C@@]5(C)[C@H]4C[C@H]3[C@@H]2CN2CCCC[C@@H]12. The number of aliphatic hydroxyl groups excluding tert-OH is 2. The van der Waals surface area contributed by atoms with Crippen molar-refractivity contribution in [1.29, 1.82) is 0 Å². The summed E-state index contributed by atoms with van der Waals surface area (Å²) in [4.78, 5) is 2.79. The zero-order chi connectivity index (χ0) is 20.8. The number of aliphatic hydroxyl groups is 3. The van der Waals surface area contributed by atoms with E-state index >= 15 is 0 Å². The topological polar surface area (TPSA) is 63.9 Å². The van der Waals surface area contributed by atoms with E-state index in [1.807, 2.05) is 0 Å². The van der Waals surface area contributed by atoms with Gasteiger partial charge in [0.15, 0.2) is 0 Å². The number of hydrogen-bond acceptors (Lipinski definition) is 4. The average Bonchev–Trinajstić information content (AvgIpc) is 3.03. The van der Waals surface area contributed by atoms with Crippen LogP contribution < -0.4 is 0 Å². The van der Waals surface area contributed by atoms with Gasteiger partial charge in [-0.05, 0) is 111 Å². The van der Waals surface area contributed by atoms with Crippen molar-refractivity contribution in [3.8, 4) is 0 Å². The largest absolute Gasteiger partial charge is 0.393 e. The van der Waals surface area contributed by atoms with Gasteiger partial charge in [-0.3, -0.25) is 4.90 Å². The molecular formula is C26H43NO3. The molecule has 0 aromatic carbocycles. The highest BCUT2D eigenvalue weighted by atomic mass is 16.3. The van der Waals surface area contributed by atoms with E-state index < -0.39 is 5.60 Å². The second-order valence-corrected chi connectivity index (χ2v) is 12.7. The summed E-state index contributed by atoms with van der Waals surface area (Å²) < 4.78 is 0. The maximum atomic E-state index is 12.2. The van der Waals surface area contributed by atoms with Crippen LogP contribution in [0.5, 0.6) is 0 Å². The van der Waals surface area contributed by atoms with E-state index in [1.165, 1.54) is 38.8 Å². The minimum Gasteiger partial charge on any atom is -0.393 e. The fraction of sp³-hybridized carbons (Fsp3) is 1.00. The molecule has 0 bridgehead atoms. The molecule has 6 rings (SSSR count). The molecule has 2 aliphatic heterocycles. The Hall–Kier alpha value is -0.160. The first-order valence-corrected chi connectivity index (χ1v) is 13.2. The van der Waals surface area contributed by atoms with Crippen LogP contribution in [-0.2, 0) is 0 Å². The highest BCUT2D eigenvalue weighted by Gasteiger charge is 2.67. The minimum atomic E-state index is -0.570. The smallest absolute Gasteiger partial charge is 0.0711 e. The monoisotopic (exact) mass is 417 g/mol. The highest BCUT2D eigenvalue weighted by molar-refractivity contribution is 5.17. The Kier molecular flexibility index (Phi) is 4.72. The number of hydrogen-bond donors (Lipinski definition) is 3. The molecule has 3 N–H and O–H groups in total. The van der Waals surface area contributed by atoms with E-state index in [-0.39, 0.29) is 29.5 Å². The van der Waals surface area contributed by atoms with Gasteiger partial charge in [0.25, 0.3) is 0 Å². The van der Waals surface area contributed by atoms with E-state index in [9.17, 15) is 15.3 Å². The van der Waals surface area contributed by atoms with E-state index in [4.69, 9.17) is 0 Å². The first-order valence-electron chi connectivity index (χ1n) is 13.2. The van der Waals surface area contributed by atoms with Crippen LogP contribution in [0.1, 0.15) is 78.1 Å². The second-order valence-electron chi connectivity index (χ2n) is 12.7. The van der Waals surface area contributed by atoms with E-state index in [1.54, 1.807) is 0 Å². The van der Waals surface area contributed by atoms with E-state index in [0.29, 0.717) is 17.8 Å². The van der Waals surface area contributed by atoms with Crippen molar-refractivity contribution in [3.05, 3.63) is 0 Å². The summed E-state index contributed by atoms with van der Waals surface area (Å²) in [5.41, 5.74) is -0.489. The molecule has 4 saturated carbocycles. The summed E-state index contributed by atoms with van der Waals surface area (Å²) in [6.07, 6.45) is 10.2.